The average molecular weight is 483 g/mol. The molecule has 0 amide bonds. The third-order valence-corrected chi connectivity index (χ3v) is 6.83. The fraction of sp³-hybridized carbons (Fsp3) is 0.500. The van der Waals surface area contributed by atoms with Gasteiger partial charge >= 0.3 is 0 Å². The molecule has 0 aliphatic carbocycles. The van der Waals surface area contributed by atoms with Crippen molar-refractivity contribution in [1.29, 1.82) is 0 Å². The largest absolute Gasteiger partial charge is 0.508 e. The Hall–Kier alpha value is -3.20. The van der Waals surface area contributed by atoms with Gasteiger partial charge in [0.2, 0.25) is 5.95 Å². The quantitative estimate of drug-likeness (QED) is 0.459. The molecule has 3 aromatic rings. The van der Waals surface area contributed by atoms with Gasteiger partial charge in [-0.15, -0.1) is 10.2 Å². The molecule has 0 saturated carbocycles. The highest BCUT2D eigenvalue weighted by Crippen LogP contribution is 2.32. The van der Waals surface area contributed by atoms with E-state index in [1.807, 2.05) is 17.5 Å². The minimum atomic E-state index is -0.340. The number of halogens is 1. The number of phenolic OH excluding ortho intramolecular Hbond substituents is 1. The summed E-state index contributed by atoms with van der Waals surface area (Å²) in [5.74, 6) is 0.656. The molecule has 1 aliphatic rings. The van der Waals surface area contributed by atoms with Gasteiger partial charge in [0, 0.05) is 55.3 Å². The summed E-state index contributed by atoms with van der Waals surface area (Å²) < 4.78 is 21.8. The van der Waals surface area contributed by atoms with Gasteiger partial charge in [0.1, 0.15) is 17.9 Å². The smallest absolute Gasteiger partial charge is 0.210 e. The van der Waals surface area contributed by atoms with Crippen LogP contribution in [0, 0.1) is 5.82 Å². The number of hydrogen-bond acceptors (Lipinski definition) is 7. The van der Waals surface area contributed by atoms with Crippen LogP contribution in [0.1, 0.15) is 62.1 Å². The standard InChI is InChI=1S/C26H35FN6O2/c1-4-7-20-22(23(27)9-10-24(20)34)15-29-26-28-14-21(25-31-30-17-33(25)26)18-8-6-12-32(13-11-18)19(5-2)16-35-3/h5,9-10,14,17-18,34H,4,6-8,11-13,15-16H2,1-3H3,(H,28,29)/t18-/m1/s1. The van der Waals surface area contributed by atoms with E-state index in [4.69, 9.17) is 4.74 Å². The van der Waals surface area contributed by atoms with Crippen LogP contribution in [0.3, 0.4) is 0 Å². The molecule has 1 aliphatic heterocycles. The lowest BCUT2D eigenvalue weighted by Gasteiger charge is -2.25. The number of aromatic hydroxyl groups is 1. The van der Waals surface area contributed by atoms with Crippen molar-refractivity contribution in [2.45, 2.75) is 58.4 Å². The van der Waals surface area contributed by atoms with Crippen LogP contribution < -0.4 is 5.32 Å². The number of aromatic nitrogens is 4. The minimum Gasteiger partial charge on any atom is -0.508 e. The lowest BCUT2D eigenvalue weighted by atomic mass is 9.94. The Morgan fingerprint density at radius 2 is 2.14 bits per heavy atom. The molecule has 8 nitrogen and oxygen atoms in total. The number of anilines is 1. The number of benzene rings is 1. The number of methoxy groups -OCH3 is 1. The Kier molecular flexibility index (Phi) is 8.17. The summed E-state index contributed by atoms with van der Waals surface area (Å²) in [7, 11) is 1.73. The molecule has 35 heavy (non-hydrogen) atoms. The predicted molar refractivity (Wildman–Crippen MR) is 134 cm³/mol. The van der Waals surface area contributed by atoms with Crippen molar-refractivity contribution in [2.75, 3.05) is 32.1 Å². The van der Waals surface area contributed by atoms with Gasteiger partial charge in [0.05, 0.1) is 6.61 Å². The minimum absolute atomic E-state index is 0.122. The van der Waals surface area contributed by atoms with E-state index in [-0.39, 0.29) is 18.1 Å². The second kappa shape index (κ2) is 11.5. The summed E-state index contributed by atoms with van der Waals surface area (Å²) in [5, 5.41) is 22.0. The number of rotatable bonds is 9. The number of likely N-dealkylation sites (tertiary alicyclic amines) is 1. The van der Waals surface area contributed by atoms with Crippen LogP contribution >= 0.6 is 0 Å². The molecule has 9 heteroatoms. The van der Waals surface area contributed by atoms with E-state index in [1.54, 1.807) is 13.4 Å². The lowest BCUT2D eigenvalue weighted by molar-refractivity contribution is 0.189. The van der Waals surface area contributed by atoms with Crippen molar-refractivity contribution >= 4 is 11.6 Å². The zero-order chi connectivity index (χ0) is 24.8. The maximum atomic E-state index is 14.6. The van der Waals surface area contributed by atoms with E-state index in [2.05, 4.69) is 38.4 Å². The lowest BCUT2D eigenvalue weighted by Crippen LogP contribution is -2.26. The molecule has 4 rings (SSSR count). The van der Waals surface area contributed by atoms with Gasteiger partial charge < -0.3 is 20.1 Å². The first-order valence-electron chi connectivity index (χ1n) is 12.4. The maximum Gasteiger partial charge on any atom is 0.210 e. The molecule has 0 radical (unpaired) electrons. The summed E-state index contributed by atoms with van der Waals surface area (Å²) in [4.78, 5) is 7.08. The molecule has 188 valence electrons. The van der Waals surface area contributed by atoms with Crippen molar-refractivity contribution < 1.29 is 14.2 Å². The molecule has 1 saturated heterocycles. The third kappa shape index (κ3) is 5.40. The highest BCUT2D eigenvalue weighted by Gasteiger charge is 2.23. The van der Waals surface area contributed by atoms with Crippen molar-refractivity contribution in [3.05, 3.63) is 58.9 Å². The number of nitrogens with one attached hydrogen (secondary N) is 1. The number of fused-ring (bicyclic) bond motifs is 1. The van der Waals surface area contributed by atoms with Gasteiger partial charge in [-0.3, -0.25) is 4.40 Å². The molecule has 2 aromatic heterocycles. The molecular formula is C26H35FN6O2. The van der Waals surface area contributed by atoms with E-state index in [1.165, 1.54) is 17.8 Å². The first-order valence-corrected chi connectivity index (χ1v) is 12.4. The number of allylic oxidation sites excluding steroid dienone is 1. The van der Waals surface area contributed by atoms with Crippen molar-refractivity contribution in [1.82, 2.24) is 24.5 Å². The Bertz CT molecular complexity index is 1180. The van der Waals surface area contributed by atoms with Crippen molar-refractivity contribution in [3.8, 4) is 5.75 Å². The third-order valence-electron chi connectivity index (χ3n) is 6.83. The summed E-state index contributed by atoms with van der Waals surface area (Å²) in [6.07, 6.45) is 10.2. The highest BCUT2D eigenvalue weighted by atomic mass is 19.1. The molecule has 0 unspecified atom stereocenters. The highest BCUT2D eigenvalue weighted by molar-refractivity contribution is 5.53. The van der Waals surface area contributed by atoms with Crippen LogP contribution in [-0.4, -0.2) is 56.4 Å². The second-order valence-corrected chi connectivity index (χ2v) is 9.02. The SMILES string of the molecule is CC=C(COC)N1CCC[C@@H](c2cnc(NCc3c(F)ccc(O)c3CCC)n3cnnc23)CC1. The van der Waals surface area contributed by atoms with Gasteiger partial charge in [-0.1, -0.05) is 19.4 Å². The molecule has 3 heterocycles. The second-order valence-electron chi connectivity index (χ2n) is 9.02. The number of phenols is 1. The molecule has 1 atom stereocenters. The van der Waals surface area contributed by atoms with Crippen molar-refractivity contribution in [2.24, 2.45) is 0 Å². The van der Waals surface area contributed by atoms with Crippen LogP contribution in [0.25, 0.3) is 5.65 Å². The van der Waals surface area contributed by atoms with E-state index in [0.717, 1.165) is 50.0 Å². The molecular weight excluding hydrogens is 447 g/mol. The fourth-order valence-electron chi connectivity index (χ4n) is 5.00. The van der Waals surface area contributed by atoms with Gasteiger partial charge in [-0.25, -0.2) is 9.37 Å². The first kappa shape index (κ1) is 24.9. The van der Waals surface area contributed by atoms with E-state index >= 15 is 0 Å². The maximum absolute atomic E-state index is 14.6. The zero-order valence-corrected chi connectivity index (χ0v) is 20.8. The monoisotopic (exact) mass is 482 g/mol. The zero-order valence-electron chi connectivity index (χ0n) is 20.8. The van der Waals surface area contributed by atoms with Gasteiger partial charge in [-0.2, -0.15) is 0 Å². The van der Waals surface area contributed by atoms with Crippen LogP contribution in [0.15, 0.2) is 36.4 Å². The van der Waals surface area contributed by atoms with E-state index in [0.29, 0.717) is 36.0 Å². The Labute approximate surface area is 205 Å². The molecule has 1 aromatic carbocycles. The average Bonchev–Trinajstić information content (AvgIpc) is 3.23. The molecule has 0 spiro atoms. The van der Waals surface area contributed by atoms with Crippen LogP contribution in [0.5, 0.6) is 5.75 Å². The number of hydrogen-bond donors (Lipinski definition) is 2. The molecule has 2 N–H and O–H groups in total. The van der Waals surface area contributed by atoms with Gasteiger partial charge in [0.15, 0.2) is 5.65 Å². The Balaban J connectivity index is 1.54. The van der Waals surface area contributed by atoms with Crippen LogP contribution in [0.4, 0.5) is 10.3 Å². The van der Waals surface area contributed by atoms with E-state index in [9.17, 15) is 9.50 Å². The van der Waals surface area contributed by atoms with Crippen molar-refractivity contribution in [3.63, 3.8) is 0 Å². The van der Waals surface area contributed by atoms with Gasteiger partial charge in [0.25, 0.3) is 0 Å². The predicted octanol–water partition coefficient (Wildman–Crippen LogP) is 4.65. The summed E-state index contributed by atoms with van der Waals surface area (Å²) >= 11 is 0. The summed E-state index contributed by atoms with van der Waals surface area (Å²) in [6.45, 7) is 6.85. The van der Waals surface area contributed by atoms with Gasteiger partial charge in [-0.05, 0) is 50.7 Å². The Morgan fingerprint density at radius 1 is 1.29 bits per heavy atom. The topological polar surface area (TPSA) is 87.8 Å². The van der Waals surface area contributed by atoms with Crippen LogP contribution in [-0.2, 0) is 17.7 Å². The Morgan fingerprint density at radius 3 is 2.91 bits per heavy atom. The molecule has 1 fully saturated rings. The number of nitrogens with zero attached hydrogens (tertiary/aromatic N) is 5. The normalized spacial score (nSPS) is 17.1. The fourth-order valence-corrected chi connectivity index (χ4v) is 5.00. The van der Waals surface area contributed by atoms with Crippen LogP contribution in [0.2, 0.25) is 0 Å². The first-order chi connectivity index (χ1) is 17.1. The summed E-state index contributed by atoms with van der Waals surface area (Å²) in [5.41, 5.74) is 4.17. The summed E-state index contributed by atoms with van der Waals surface area (Å²) in [6, 6.07) is 2.72. The number of ether oxygens (including phenoxy) is 1. The van der Waals surface area contributed by atoms with E-state index < -0.39 is 0 Å². The molecule has 0 bridgehead atoms.